The molecule has 174 valence electrons. The fraction of sp³-hybridized carbons (Fsp3) is 0.130. The van der Waals surface area contributed by atoms with Gasteiger partial charge in [0, 0.05) is 17.7 Å². The van der Waals surface area contributed by atoms with Crippen molar-refractivity contribution in [2.24, 2.45) is 5.10 Å². The van der Waals surface area contributed by atoms with Crippen molar-refractivity contribution in [3.63, 3.8) is 0 Å². The molecule has 1 amide bonds. The summed E-state index contributed by atoms with van der Waals surface area (Å²) in [5, 5.41) is 14.8. The molecule has 34 heavy (non-hydrogen) atoms. The number of carbonyl (C=O) groups is 1. The minimum absolute atomic E-state index is 0.0109. The van der Waals surface area contributed by atoms with E-state index in [2.05, 4.69) is 26.5 Å². The first kappa shape index (κ1) is 23.1. The number of nitrogens with zero attached hydrogens (tertiary/aromatic N) is 2. The third kappa shape index (κ3) is 5.26. The minimum atomic E-state index is -0.456. The van der Waals surface area contributed by atoms with Gasteiger partial charge in [0.05, 0.1) is 22.7 Å². The van der Waals surface area contributed by atoms with Crippen LogP contribution < -0.4 is 24.4 Å². The summed E-state index contributed by atoms with van der Waals surface area (Å²) >= 11 is 3.46. The first-order valence-electron chi connectivity index (χ1n) is 9.91. The summed E-state index contributed by atoms with van der Waals surface area (Å²) in [5.74, 6) is 1.60. The van der Waals surface area contributed by atoms with Crippen molar-refractivity contribution in [1.29, 1.82) is 0 Å². The second-order valence-electron chi connectivity index (χ2n) is 7.01. The molecule has 4 rings (SSSR count). The molecule has 0 fully saturated rings. The van der Waals surface area contributed by atoms with Gasteiger partial charge in [0.2, 0.25) is 6.79 Å². The third-order valence-electron chi connectivity index (χ3n) is 4.80. The van der Waals surface area contributed by atoms with Gasteiger partial charge in [0.1, 0.15) is 6.61 Å². The maximum absolute atomic E-state index is 12.3. The number of nitro benzene ring substituents is 1. The van der Waals surface area contributed by atoms with E-state index in [1.165, 1.54) is 25.5 Å². The topological polar surface area (TPSA) is 122 Å². The van der Waals surface area contributed by atoms with Gasteiger partial charge in [-0.05, 0) is 69.5 Å². The number of benzene rings is 3. The lowest BCUT2D eigenvalue weighted by Gasteiger charge is -2.13. The Kier molecular flexibility index (Phi) is 6.93. The van der Waals surface area contributed by atoms with Crippen LogP contribution >= 0.6 is 15.9 Å². The number of nitrogens with one attached hydrogen (secondary N) is 1. The van der Waals surface area contributed by atoms with Crippen LogP contribution in [0.2, 0.25) is 0 Å². The Morgan fingerprint density at radius 2 is 1.94 bits per heavy atom. The van der Waals surface area contributed by atoms with Crippen LogP contribution in [0.25, 0.3) is 0 Å². The molecule has 3 aromatic carbocycles. The summed E-state index contributed by atoms with van der Waals surface area (Å²) in [5.41, 5.74) is 4.27. The normalized spacial score (nSPS) is 11.9. The monoisotopic (exact) mass is 527 g/mol. The van der Waals surface area contributed by atoms with Crippen molar-refractivity contribution in [3.05, 3.63) is 85.9 Å². The molecule has 0 aliphatic carbocycles. The summed E-state index contributed by atoms with van der Waals surface area (Å²) in [6.45, 7) is 0.314. The molecule has 3 aromatic rings. The summed E-state index contributed by atoms with van der Waals surface area (Å²) in [4.78, 5) is 22.7. The molecule has 1 heterocycles. The van der Waals surface area contributed by atoms with E-state index in [9.17, 15) is 14.9 Å². The van der Waals surface area contributed by atoms with Crippen LogP contribution in [-0.4, -0.2) is 30.9 Å². The number of ether oxygens (including phenoxy) is 4. The number of nitro groups is 1. The fourth-order valence-electron chi connectivity index (χ4n) is 3.09. The van der Waals surface area contributed by atoms with Gasteiger partial charge in [-0.25, -0.2) is 5.43 Å². The van der Waals surface area contributed by atoms with Crippen molar-refractivity contribution < 1.29 is 28.7 Å². The van der Waals surface area contributed by atoms with Gasteiger partial charge in [-0.15, -0.1) is 0 Å². The predicted octanol–water partition coefficient (Wildman–Crippen LogP) is 4.44. The maximum atomic E-state index is 12.3. The van der Waals surface area contributed by atoms with E-state index in [0.717, 1.165) is 5.56 Å². The van der Waals surface area contributed by atoms with Crippen LogP contribution in [0.3, 0.4) is 0 Å². The standard InChI is InChI=1S/C23H18BrN3O7/c1-31-21-9-15(11-25-26-23(28)16-4-7-19-20(10-16)34-13-33-19)8-18(24)22(21)32-12-14-2-5-17(6-3-14)27(29)30/h2-11H,12-13H2,1H3,(H,26,28)/b25-11+. The quantitative estimate of drug-likeness (QED) is 0.261. The highest BCUT2D eigenvalue weighted by molar-refractivity contribution is 9.10. The number of rotatable bonds is 8. The molecule has 0 radical (unpaired) electrons. The van der Waals surface area contributed by atoms with Gasteiger partial charge in [-0.1, -0.05) is 0 Å². The first-order valence-corrected chi connectivity index (χ1v) is 10.7. The van der Waals surface area contributed by atoms with E-state index in [1.54, 1.807) is 42.5 Å². The van der Waals surface area contributed by atoms with E-state index >= 15 is 0 Å². The van der Waals surface area contributed by atoms with Crippen molar-refractivity contribution >= 4 is 33.7 Å². The van der Waals surface area contributed by atoms with Crippen LogP contribution in [0.4, 0.5) is 5.69 Å². The van der Waals surface area contributed by atoms with Gasteiger partial charge < -0.3 is 18.9 Å². The maximum Gasteiger partial charge on any atom is 0.271 e. The number of hydrazone groups is 1. The lowest BCUT2D eigenvalue weighted by atomic mass is 10.2. The number of carbonyl (C=O) groups excluding carboxylic acids is 1. The molecule has 1 aliphatic heterocycles. The molecule has 0 atom stereocenters. The lowest BCUT2D eigenvalue weighted by molar-refractivity contribution is -0.384. The number of fused-ring (bicyclic) bond motifs is 1. The van der Waals surface area contributed by atoms with E-state index in [1.807, 2.05) is 0 Å². The smallest absolute Gasteiger partial charge is 0.271 e. The zero-order valence-corrected chi connectivity index (χ0v) is 19.4. The molecule has 1 aliphatic rings. The van der Waals surface area contributed by atoms with Crippen molar-refractivity contribution in [1.82, 2.24) is 5.43 Å². The molecule has 10 nitrogen and oxygen atoms in total. The number of hydrogen-bond acceptors (Lipinski definition) is 8. The highest BCUT2D eigenvalue weighted by Gasteiger charge is 2.16. The van der Waals surface area contributed by atoms with Gasteiger partial charge in [0.25, 0.3) is 11.6 Å². The number of amides is 1. The average Bonchev–Trinajstić information content (AvgIpc) is 3.31. The zero-order chi connectivity index (χ0) is 24.1. The van der Waals surface area contributed by atoms with E-state index in [0.29, 0.717) is 38.6 Å². The molecule has 0 spiro atoms. The summed E-state index contributed by atoms with van der Waals surface area (Å²) in [6, 6.07) is 14.4. The largest absolute Gasteiger partial charge is 0.493 e. The van der Waals surface area contributed by atoms with E-state index in [-0.39, 0.29) is 19.1 Å². The highest BCUT2D eigenvalue weighted by atomic mass is 79.9. The lowest BCUT2D eigenvalue weighted by Crippen LogP contribution is -2.17. The number of methoxy groups -OCH3 is 1. The average molecular weight is 528 g/mol. The summed E-state index contributed by atoms with van der Waals surface area (Å²) in [7, 11) is 1.50. The molecule has 0 unspecified atom stereocenters. The Hall–Kier alpha value is -4.12. The van der Waals surface area contributed by atoms with Crippen LogP contribution in [0.1, 0.15) is 21.5 Å². The zero-order valence-electron chi connectivity index (χ0n) is 17.8. The Labute approximate surface area is 202 Å². The van der Waals surface area contributed by atoms with Gasteiger partial charge in [-0.2, -0.15) is 5.10 Å². The second kappa shape index (κ2) is 10.2. The molecular weight excluding hydrogens is 510 g/mol. The molecule has 0 saturated carbocycles. The van der Waals surface area contributed by atoms with Crippen molar-refractivity contribution in [2.75, 3.05) is 13.9 Å². The van der Waals surface area contributed by atoms with Crippen LogP contribution in [0.5, 0.6) is 23.0 Å². The number of hydrogen-bond donors (Lipinski definition) is 1. The Morgan fingerprint density at radius 1 is 1.18 bits per heavy atom. The van der Waals surface area contributed by atoms with Crippen LogP contribution in [0.15, 0.2) is 64.2 Å². The third-order valence-corrected chi connectivity index (χ3v) is 5.39. The summed E-state index contributed by atoms with van der Waals surface area (Å²) < 4.78 is 22.4. The Bertz CT molecular complexity index is 1260. The molecule has 1 N–H and O–H groups in total. The van der Waals surface area contributed by atoms with Crippen LogP contribution in [-0.2, 0) is 6.61 Å². The van der Waals surface area contributed by atoms with Gasteiger partial charge in [0.15, 0.2) is 23.0 Å². The van der Waals surface area contributed by atoms with E-state index < -0.39 is 10.8 Å². The van der Waals surface area contributed by atoms with Crippen molar-refractivity contribution in [2.45, 2.75) is 6.61 Å². The number of non-ortho nitro benzene ring substituents is 1. The van der Waals surface area contributed by atoms with Crippen molar-refractivity contribution in [3.8, 4) is 23.0 Å². The van der Waals surface area contributed by atoms with Gasteiger partial charge in [-0.3, -0.25) is 14.9 Å². The molecule has 0 aromatic heterocycles. The number of halogens is 1. The Morgan fingerprint density at radius 3 is 2.68 bits per heavy atom. The SMILES string of the molecule is COc1cc(/C=N/NC(=O)c2ccc3c(c2)OCO3)cc(Br)c1OCc1ccc([N+](=O)[O-])cc1. The molecule has 11 heteroatoms. The summed E-state index contributed by atoms with van der Waals surface area (Å²) in [6.07, 6.45) is 1.47. The Balaban J connectivity index is 1.41. The highest BCUT2D eigenvalue weighted by Crippen LogP contribution is 2.37. The van der Waals surface area contributed by atoms with E-state index in [4.69, 9.17) is 18.9 Å². The van der Waals surface area contributed by atoms with Gasteiger partial charge >= 0.3 is 0 Å². The second-order valence-corrected chi connectivity index (χ2v) is 7.87. The first-order chi connectivity index (χ1) is 16.4. The fourth-order valence-corrected chi connectivity index (χ4v) is 3.67. The predicted molar refractivity (Wildman–Crippen MR) is 126 cm³/mol. The molecule has 0 bridgehead atoms. The molecular formula is C23H18BrN3O7. The van der Waals surface area contributed by atoms with Crippen LogP contribution in [0, 0.1) is 10.1 Å². The minimum Gasteiger partial charge on any atom is -0.493 e. The molecule has 0 saturated heterocycles.